The van der Waals surface area contributed by atoms with Crippen LogP contribution < -0.4 is 25.8 Å². The number of amides is 2. The van der Waals surface area contributed by atoms with E-state index in [1.54, 1.807) is 26.8 Å². The van der Waals surface area contributed by atoms with Crippen molar-refractivity contribution in [3.05, 3.63) is 17.7 Å². The number of hydrogen-bond acceptors (Lipinski definition) is 5. The maximum absolute atomic E-state index is 12.3. The van der Waals surface area contributed by atoms with E-state index in [9.17, 15) is 9.59 Å². The van der Waals surface area contributed by atoms with E-state index in [-0.39, 0.29) is 29.8 Å². The Labute approximate surface area is 148 Å². The lowest BCUT2D eigenvalue weighted by atomic mass is 9.95. The van der Waals surface area contributed by atoms with Gasteiger partial charge in [-0.25, -0.2) is 0 Å². The van der Waals surface area contributed by atoms with Gasteiger partial charge in [-0.2, -0.15) is 0 Å². The van der Waals surface area contributed by atoms with Crippen LogP contribution >= 0.6 is 12.4 Å². The number of hydrogen-bond donors (Lipinski definition) is 3. The molecule has 0 atom stereocenters. The topological polar surface area (TPSA) is 103 Å². The van der Waals surface area contributed by atoms with Crippen LogP contribution in [-0.2, 0) is 4.79 Å². The van der Waals surface area contributed by atoms with E-state index >= 15 is 0 Å². The van der Waals surface area contributed by atoms with E-state index in [2.05, 4.69) is 10.6 Å². The molecule has 0 saturated heterocycles. The van der Waals surface area contributed by atoms with Gasteiger partial charge in [0.1, 0.15) is 0 Å². The number of anilines is 1. The molecule has 7 nitrogen and oxygen atoms in total. The second kappa shape index (κ2) is 9.34. The van der Waals surface area contributed by atoms with Gasteiger partial charge in [-0.05, 0) is 6.07 Å². The van der Waals surface area contributed by atoms with Crippen molar-refractivity contribution in [3.8, 4) is 11.5 Å². The van der Waals surface area contributed by atoms with Crippen LogP contribution in [0.25, 0.3) is 0 Å². The zero-order valence-corrected chi connectivity index (χ0v) is 15.5. The second-order valence-corrected chi connectivity index (χ2v) is 6.00. The summed E-state index contributed by atoms with van der Waals surface area (Å²) in [6.45, 7) is 6.02. The van der Waals surface area contributed by atoms with Crippen molar-refractivity contribution in [3.63, 3.8) is 0 Å². The SMILES string of the molecule is COc1cc(NC(=O)C(C)(C)C)c(C(=O)NCCN)cc1OC.Cl. The smallest absolute Gasteiger partial charge is 0.253 e. The van der Waals surface area contributed by atoms with Crippen molar-refractivity contribution >= 4 is 29.9 Å². The fourth-order valence-electron chi connectivity index (χ4n) is 1.76. The Morgan fingerprint density at radius 2 is 1.67 bits per heavy atom. The van der Waals surface area contributed by atoms with Crippen molar-refractivity contribution < 1.29 is 19.1 Å². The molecule has 1 aromatic carbocycles. The van der Waals surface area contributed by atoms with Gasteiger partial charge in [-0.3, -0.25) is 9.59 Å². The molecule has 0 fully saturated rings. The molecule has 1 rings (SSSR count). The first-order chi connectivity index (χ1) is 10.7. The molecule has 0 aromatic heterocycles. The highest BCUT2D eigenvalue weighted by Crippen LogP contribution is 2.34. The molecule has 4 N–H and O–H groups in total. The highest BCUT2D eigenvalue weighted by atomic mass is 35.5. The van der Waals surface area contributed by atoms with Crippen molar-refractivity contribution in [1.29, 1.82) is 0 Å². The molecule has 0 unspecified atom stereocenters. The van der Waals surface area contributed by atoms with Crippen molar-refractivity contribution in [2.75, 3.05) is 32.6 Å². The third-order valence-corrected chi connectivity index (χ3v) is 3.13. The van der Waals surface area contributed by atoms with Gasteiger partial charge in [0.05, 0.1) is 25.5 Å². The van der Waals surface area contributed by atoms with Crippen LogP contribution in [0.15, 0.2) is 12.1 Å². The lowest BCUT2D eigenvalue weighted by Gasteiger charge is -2.20. The second-order valence-electron chi connectivity index (χ2n) is 6.00. The van der Waals surface area contributed by atoms with Gasteiger partial charge < -0.3 is 25.8 Å². The Bertz CT molecular complexity index is 585. The average molecular weight is 360 g/mol. The van der Waals surface area contributed by atoms with Gasteiger partial charge in [0.2, 0.25) is 5.91 Å². The summed E-state index contributed by atoms with van der Waals surface area (Å²) in [6.07, 6.45) is 0. The van der Waals surface area contributed by atoms with E-state index < -0.39 is 5.41 Å². The number of methoxy groups -OCH3 is 2. The minimum absolute atomic E-state index is 0. The van der Waals surface area contributed by atoms with Crippen LogP contribution in [0, 0.1) is 5.41 Å². The number of rotatable bonds is 6. The third kappa shape index (κ3) is 5.58. The number of nitrogens with two attached hydrogens (primary N) is 1. The summed E-state index contributed by atoms with van der Waals surface area (Å²) in [6, 6.07) is 3.10. The zero-order valence-electron chi connectivity index (χ0n) is 14.7. The molecule has 0 aliphatic heterocycles. The standard InChI is InChI=1S/C16H25N3O4.ClH/c1-16(2,3)15(21)19-11-9-13(23-5)12(22-4)8-10(11)14(20)18-7-6-17;/h8-9H,6-7,17H2,1-5H3,(H,18,20)(H,19,21);1H. The first kappa shape index (κ1) is 22.0. The Morgan fingerprint density at radius 3 is 2.12 bits per heavy atom. The average Bonchev–Trinajstić information content (AvgIpc) is 2.50. The molecule has 1 aromatic rings. The van der Waals surface area contributed by atoms with Crippen LogP contribution in [0.5, 0.6) is 11.5 Å². The highest BCUT2D eigenvalue weighted by Gasteiger charge is 2.24. The summed E-state index contributed by atoms with van der Waals surface area (Å²) >= 11 is 0. The fourth-order valence-corrected chi connectivity index (χ4v) is 1.76. The largest absolute Gasteiger partial charge is 0.493 e. The van der Waals surface area contributed by atoms with Gasteiger partial charge >= 0.3 is 0 Å². The lowest BCUT2D eigenvalue weighted by Crippen LogP contribution is -2.32. The van der Waals surface area contributed by atoms with Gasteiger partial charge in [0.15, 0.2) is 11.5 Å². The number of carbonyl (C=O) groups is 2. The Balaban J connectivity index is 0.00000529. The maximum Gasteiger partial charge on any atom is 0.253 e. The van der Waals surface area contributed by atoms with E-state index in [4.69, 9.17) is 15.2 Å². The van der Waals surface area contributed by atoms with E-state index in [0.717, 1.165) is 0 Å². The summed E-state index contributed by atoms with van der Waals surface area (Å²) in [4.78, 5) is 24.6. The minimum atomic E-state index is -0.599. The maximum atomic E-state index is 12.3. The number of ether oxygens (including phenoxy) is 2. The predicted molar refractivity (Wildman–Crippen MR) is 96.3 cm³/mol. The van der Waals surface area contributed by atoms with Crippen molar-refractivity contribution in [2.45, 2.75) is 20.8 Å². The van der Waals surface area contributed by atoms with E-state index in [1.165, 1.54) is 20.3 Å². The van der Waals surface area contributed by atoms with Gasteiger partial charge in [-0.1, -0.05) is 20.8 Å². The molecule has 0 aliphatic rings. The first-order valence-electron chi connectivity index (χ1n) is 7.30. The summed E-state index contributed by atoms with van der Waals surface area (Å²) in [7, 11) is 2.97. The minimum Gasteiger partial charge on any atom is -0.493 e. The van der Waals surface area contributed by atoms with Crippen LogP contribution in [0.2, 0.25) is 0 Å². The molecule has 0 spiro atoms. The molecule has 0 saturated carbocycles. The molecule has 0 aliphatic carbocycles. The van der Waals surface area contributed by atoms with Crippen LogP contribution in [0.3, 0.4) is 0 Å². The first-order valence-corrected chi connectivity index (χ1v) is 7.30. The fraction of sp³-hybridized carbons (Fsp3) is 0.500. The molecule has 8 heteroatoms. The highest BCUT2D eigenvalue weighted by molar-refractivity contribution is 6.05. The molecule has 136 valence electrons. The molecular weight excluding hydrogens is 334 g/mol. The summed E-state index contributed by atoms with van der Waals surface area (Å²) in [5.74, 6) is 0.268. The van der Waals surface area contributed by atoms with Crippen molar-refractivity contribution in [2.24, 2.45) is 11.1 Å². The van der Waals surface area contributed by atoms with Crippen LogP contribution in [-0.4, -0.2) is 39.1 Å². The summed E-state index contributed by atoms with van der Waals surface area (Å²) < 4.78 is 10.4. The van der Waals surface area contributed by atoms with Gasteiger partial charge in [0, 0.05) is 24.6 Å². The van der Waals surface area contributed by atoms with E-state index in [0.29, 0.717) is 30.3 Å². The Kier molecular flexibility index (Phi) is 8.57. The zero-order chi connectivity index (χ0) is 17.6. The van der Waals surface area contributed by atoms with E-state index in [1.807, 2.05) is 0 Å². The quantitative estimate of drug-likeness (QED) is 0.718. The predicted octanol–water partition coefficient (Wildman–Crippen LogP) is 1.80. The Hall–Kier alpha value is -1.99. The van der Waals surface area contributed by atoms with Crippen LogP contribution in [0.4, 0.5) is 5.69 Å². The van der Waals surface area contributed by atoms with Crippen molar-refractivity contribution in [1.82, 2.24) is 5.32 Å². The summed E-state index contributed by atoms with van der Waals surface area (Å²) in [5, 5.41) is 5.45. The molecule has 0 heterocycles. The molecule has 24 heavy (non-hydrogen) atoms. The number of benzene rings is 1. The van der Waals surface area contributed by atoms with Crippen LogP contribution in [0.1, 0.15) is 31.1 Å². The molecule has 2 amide bonds. The number of nitrogens with one attached hydrogen (secondary N) is 2. The monoisotopic (exact) mass is 359 g/mol. The molecular formula is C16H26ClN3O4. The molecule has 0 bridgehead atoms. The number of carbonyl (C=O) groups excluding carboxylic acids is 2. The lowest BCUT2D eigenvalue weighted by molar-refractivity contribution is -0.123. The normalized spacial score (nSPS) is 10.4. The molecule has 0 radical (unpaired) electrons. The van der Waals surface area contributed by atoms with Gasteiger partial charge in [0.25, 0.3) is 5.91 Å². The van der Waals surface area contributed by atoms with Gasteiger partial charge in [-0.15, -0.1) is 12.4 Å². The number of halogens is 1. The Morgan fingerprint density at radius 1 is 1.12 bits per heavy atom. The third-order valence-electron chi connectivity index (χ3n) is 3.13. The summed E-state index contributed by atoms with van der Waals surface area (Å²) in [5.41, 5.74) is 5.45.